The average molecular weight is 403 g/mol. The third-order valence-corrected chi connectivity index (χ3v) is 4.86. The molecule has 0 aliphatic rings. The van der Waals surface area contributed by atoms with Crippen LogP contribution in [0.2, 0.25) is 0 Å². The van der Waals surface area contributed by atoms with Crippen LogP contribution in [0.4, 0.5) is 5.82 Å². The monoisotopic (exact) mass is 403 g/mol. The number of rotatable bonds is 9. The number of methoxy groups -OCH3 is 2. The molecule has 7 nitrogen and oxygen atoms in total. The summed E-state index contributed by atoms with van der Waals surface area (Å²) in [6.45, 7) is 3.16. The predicted molar refractivity (Wildman–Crippen MR) is 118 cm³/mol. The van der Waals surface area contributed by atoms with E-state index in [0.717, 1.165) is 34.0 Å². The quantitative estimate of drug-likeness (QED) is 0.261. The molecule has 0 bridgehead atoms. The van der Waals surface area contributed by atoms with Gasteiger partial charge < -0.3 is 14.4 Å². The zero-order valence-corrected chi connectivity index (χ0v) is 17.4. The molecule has 0 aliphatic heterocycles. The maximum Gasteiger partial charge on any atom is 0.132 e. The highest BCUT2D eigenvalue weighted by Crippen LogP contribution is 2.29. The fourth-order valence-electron chi connectivity index (χ4n) is 3.25. The minimum Gasteiger partial charge on any atom is -0.497 e. The molecule has 0 saturated carbocycles. The highest BCUT2D eigenvalue weighted by atomic mass is 16.5. The van der Waals surface area contributed by atoms with E-state index in [1.54, 1.807) is 20.4 Å². The molecular formula is C23H25N5O2. The molecule has 154 valence electrons. The van der Waals surface area contributed by atoms with E-state index in [-0.39, 0.29) is 6.04 Å². The molecule has 2 aromatic carbocycles. The van der Waals surface area contributed by atoms with Crippen LogP contribution in [0, 0.1) is 0 Å². The Kier molecular flexibility index (Phi) is 7.14. The fourth-order valence-corrected chi connectivity index (χ4v) is 3.25. The third kappa shape index (κ3) is 5.21. The molecule has 0 spiro atoms. The van der Waals surface area contributed by atoms with Gasteiger partial charge in [0.25, 0.3) is 0 Å². The molecule has 30 heavy (non-hydrogen) atoms. The second kappa shape index (κ2) is 10.2. The normalized spacial score (nSPS) is 11.3. The molecular weight excluding hydrogens is 378 g/mol. The molecule has 0 amide bonds. The van der Waals surface area contributed by atoms with E-state index in [9.17, 15) is 0 Å². The van der Waals surface area contributed by atoms with Gasteiger partial charge in [-0.15, -0.1) is 0 Å². The lowest BCUT2D eigenvalue weighted by atomic mass is 10.1. The Hall–Kier alpha value is -3.70. The van der Waals surface area contributed by atoms with Crippen LogP contribution in [0.15, 0.2) is 72.0 Å². The first-order valence-electron chi connectivity index (χ1n) is 9.64. The summed E-state index contributed by atoms with van der Waals surface area (Å²) in [5.74, 6) is 2.43. The number of benzene rings is 2. The Morgan fingerprint density at radius 1 is 0.933 bits per heavy atom. The summed E-state index contributed by atoms with van der Waals surface area (Å²) >= 11 is 0. The second-order valence-corrected chi connectivity index (χ2v) is 6.85. The first kappa shape index (κ1) is 21.0. The maximum atomic E-state index is 8.90. The Labute approximate surface area is 176 Å². The zero-order valence-electron chi connectivity index (χ0n) is 17.4. The van der Waals surface area contributed by atoms with Crippen molar-refractivity contribution in [2.45, 2.75) is 26.1 Å². The van der Waals surface area contributed by atoms with E-state index in [4.69, 9.17) is 15.0 Å². The van der Waals surface area contributed by atoms with Crippen LogP contribution in [-0.4, -0.2) is 19.2 Å². The van der Waals surface area contributed by atoms with Crippen LogP contribution in [-0.2, 0) is 13.1 Å². The summed E-state index contributed by atoms with van der Waals surface area (Å²) in [5, 5.41) is 3.88. The van der Waals surface area contributed by atoms with Gasteiger partial charge in [0.05, 0.1) is 20.3 Å². The number of azide groups is 1. The lowest BCUT2D eigenvalue weighted by molar-refractivity contribution is 0.414. The molecule has 0 radical (unpaired) electrons. The van der Waals surface area contributed by atoms with Gasteiger partial charge in [-0.1, -0.05) is 42.4 Å². The molecule has 7 heteroatoms. The number of hydrogen-bond donors (Lipinski definition) is 0. The zero-order chi connectivity index (χ0) is 21.3. The number of aromatic nitrogens is 1. The van der Waals surface area contributed by atoms with Crippen LogP contribution in [0.25, 0.3) is 10.4 Å². The minimum absolute atomic E-state index is 0.326. The van der Waals surface area contributed by atoms with Gasteiger partial charge in [-0.05, 0) is 47.0 Å². The Morgan fingerprint density at radius 3 is 1.93 bits per heavy atom. The number of pyridine rings is 1. The van der Waals surface area contributed by atoms with Gasteiger partial charge in [0.2, 0.25) is 0 Å². The van der Waals surface area contributed by atoms with E-state index in [0.29, 0.717) is 13.1 Å². The van der Waals surface area contributed by atoms with Gasteiger partial charge >= 0.3 is 0 Å². The van der Waals surface area contributed by atoms with Crippen molar-refractivity contribution >= 4 is 5.82 Å². The summed E-state index contributed by atoms with van der Waals surface area (Å²) in [6.07, 6.45) is 1.76. The Bertz CT molecular complexity index is 949. The standard InChI is InChI=1S/C23H25N5O2/c1-17(26-27-24)22-5-4-14-25-23(22)28(15-18-6-10-20(29-2)11-7-18)16-19-8-12-21(30-3)13-9-19/h4-14,17H,15-16H2,1-3H3. The minimum atomic E-state index is -0.326. The van der Waals surface area contributed by atoms with E-state index in [2.05, 4.69) is 19.9 Å². The van der Waals surface area contributed by atoms with Crippen molar-refractivity contribution in [1.29, 1.82) is 0 Å². The lowest BCUT2D eigenvalue weighted by Crippen LogP contribution is -2.24. The van der Waals surface area contributed by atoms with E-state index in [1.807, 2.05) is 67.6 Å². The van der Waals surface area contributed by atoms with Crippen molar-refractivity contribution in [3.63, 3.8) is 0 Å². The smallest absolute Gasteiger partial charge is 0.132 e. The summed E-state index contributed by atoms with van der Waals surface area (Å²) in [5.41, 5.74) is 12.0. The summed E-state index contributed by atoms with van der Waals surface area (Å²) in [4.78, 5) is 9.79. The van der Waals surface area contributed by atoms with Crippen molar-refractivity contribution in [3.8, 4) is 11.5 Å². The Morgan fingerprint density at radius 2 is 1.47 bits per heavy atom. The molecule has 1 heterocycles. The summed E-state index contributed by atoms with van der Waals surface area (Å²) < 4.78 is 10.5. The highest BCUT2D eigenvalue weighted by Gasteiger charge is 2.17. The van der Waals surface area contributed by atoms with Gasteiger partial charge in [-0.2, -0.15) is 0 Å². The Balaban J connectivity index is 1.96. The molecule has 3 rings (SSSR count). The highest BCUT2D eigenvalue weighted by molar-refractivity contribution is 5.50. The van der Waals surface area contributed by atoms with Gasteiger partial charge in [0.15, 0.2) is 0 Å². The van der Waals surface area contributed by atoms with Crippen molar-refractivity contribution in [2.75, 3.05) is 19.1 Å². The largest absolute Gasteiger partial charge is 0.497 e. The number of anilines is 1. The van der Waals surface area contributed by atoms with Crippen molar-refractivity contribution < 1.29 is 9.47 Å². The number of nitrogens with zero attached hydrogens (tertiary/aromatic N) is 5. The lowest BCUT2D eigenvalue weighted by Gasteiger charge is -2.27. The maximum absolute atomic E-state index is 8.90. The van der Waals surface area contributed by atoms with E-state index >= 15 is 0 Å². The SMILES string of the molecule is COc1ccc(CN(Cc2ccc(OC)cc2)c2ncccc2C(C)N=[N+]=[N-])cc1. The third-order valence-electron chi connectivity index (χ3n) is 4.86. The van der Waals surface area contributed by atoms with Crippen LogP contribution in [0.5, 0.6) is 11.5 Å². The summed E-state index contributed by atoms with van der Waals surface area (Å²) in [7, 11) is 3.31. The molecule has 1 aromatic heterocycles. The van der Waals surface area contributed by atoms with Crippen molar-refractivity contribution in [3.05, 3.63) is 94.0 Å². The molecule has 0 saturated heterocycles. The van der Waals surface area contributed by atoms with Crippen LogP contribution >= 0.6 is 0 Å². The predicted octanol–water partition coefficient (Wildman–Crippen LogP) is 5.68. The first-order valence-corrected chi connectivity index (χ1v) is 9.64. The van der Waals surface area contributed by atoms with Crippen molar-refractivity contribution in [1.82, 2.24) is 4.98 Å². The average Bonchev–Trinajstić information content (AvgIpc) is 2.80. The number of ether oxygens (including phenoxy) is 2. The fraction of sp³-hybridized carbons (Fsp3) is 0.261. The van der Waals surface area contributed by atoms with Gasteiger partial charge in [-0.25, -0.2) is 4.98 Å². The first-order chi connectivity index (χ1) is 14.6. The molecule has 0 fully saturated rings. The second-order valence-electron chi connectivity index (χ2n) is 6.85. The van der Waals surface area contributed by atoms with Gasteiger partial charge in [0, 0.05) is 29.8 Å². The topological polar surface area (TPSA) is 83.4 Å². The number of hydrogen-bond acceptors (Lipinski definition) is 5. The molecule has 3 aromatic rings. The molecule has 0 N–H and O–H groups in total. The van der Waals surface area contributed by atoms with E-state index in [1.165, 1.54) is 0 Å². The van der Waals surface area contributed by atoms with Gasteiger partial charge in [0.1, 0.15) is 17.3 Å². The van der Waals surface area contributed by atoms with Crippen LogP contribution < -0.4 is 14.4 Å². The molecule has 1 atom stereocenters. The van der Waals surface area contributed by atoms with E-state index < -0.39 is 0 Å². The summed E-state index contributed by atoms with van der Waals surface area (Å²) in [6, 6.07) is 19.4. The van der Waals surface area contributed by atoms with Crippen LogP contribution in [0.1, 0.15) is 29.7 Å². The molecule has 1 unspecified atom stereocenters. The van der Waals surface area contributed by atoms with Gasteiger partial charge in [-0.3, -0.25) is 0 Å². The molecule has 0 aliphatic carbocycles. The van der Waals surface area contributed by atoms with Crippen molar-refractivity contribution in [2.24, 2.45) is 5.11 Å². The van der Waals surface area contributed by atoms with Crippen LogP contribution in [0.3, 0.4) is 0 Å².